The fourth-order valence-electron chi connectivity index (χ4n) is 3.87. The van der Waals surface area contributed by atoms with Gasteiger partial charge in [-0.2, -0.15) is 0 Å². The number of benzene rings is 1. The van der Waals surface area contributed by atoms with Crippen molar-refractivity contribution in [1.29, 1.82) is 0 Å². The Bertz CT molecular complexity index is 606. The van der Waals surface area contributed by atoms with Crippen molar-refractivity contribution >= 4 is 17.6 Å². The molecule has 1 aromatic rings. The molecule has 1 aromatic carbocycles. The van der Waals surface area contributed by atoms with Crippen molar-refractivity contribution in [3.8, 4) is 5.75 Å². The van der Waals surface area contributed by atoms with E-state index < -0.39 is 0 Å². The van der Waals surface area contributed by atoms with Gasteiger partial charge in [0.25, 0.3) is 0 Å². The molecule has 0 radical (unpaired) electrons. The summed E-state index contributed by atoms with van der Waals surface area (Å²) in [5.74, 6) is 1.81. The van der Waals surface area contributed by atoms with E-state index in [1.807, 2.05) is 36.1 Å². The van der Waals surface area contributed by atoms with E-state index >= 15 is 0 Å². The Labute approximate surface area is 156 Å². The van der Waals surface area contributed by atoms with Crippen molar-refractivity contribution < 1.29 is 9.53 Å². The summed E-state index contributed by atoms with van der Waals surface area (Å²) < 4.78 is 5.48. The van der Waals surface area contributed by atoms with Gasteiger partial charge in [0.1, 0.15) is 11.6 Å². The second-order valence-corrected chi connectivity index (χ2v) is 7.16. The van der Waals surface area contributed by atoms with Crippen molar-refractivity contribution in [2.45, 2.75) is 70.8 Å². The van der Waals surface area contributed by atoms with Crippen LogP contribution in [0.4, 0.5) is 10.5 Å². The molecule has 0 spiro atoms. The smallest absolute Gasteiger partial charge is 0.327 e. The minimum Gasteiger partial charge on any atom is -0.494 e. The molecule has 26 heavy (non-hydrogen) atoms. The number of amidine groups is 1. The fourth-order valence-corrected chi connectivity index (χ4v) is 3.87. The summed E-state index contributed by atoms with van der Waals surface area (Å²) >= 11 is 0. The molecule has 1 N–H and O–H groups in total. The highest BCUT2D eigenvalue weighted by Gasteiger charge is 2.29. The van der Waals surface area contributed by atoms with Crippen LogP contribution in [0.3, 0.4) is 0 Å². The van der Waals surface area contributed by atoms with E-state index in [0.29, 0.717) is 6.61 Å². The van der Waals surface area contributed by atoms with Crippen molar-refractivity contribution in [3.63, 3.8) is 0 Å². The minimum absolute atomic E-state index is 0.0401. The predicted octanol–water partition coefficient (Wildman–Crippen LogP) is 5.22. The van der Waals surface area contributed by atoms with Crippen molar-refractivity contribution in [1.82, 2.24) is 4.90 Å². The van der Waals surface area contributed by atoms with Gasteiger partial charge in [-0.25, -0.2) is 4.79 Å². The molecule has 1 aliphatic carbocycles. The summed E-state index contributed by atoms with van der Waals surface area (Å²) in [6.07, 6.45) is 10.2. The van der Waals surface area contributed by atoms with Crippen LogP contribution in [0.15, 0.2) is 29.3 Å². The summed E-state index contributed by atoms with van der Waals surface area (Å²) in [6, 6.07) is 7.83. The van der Waals surface area contributed by atoms with E-state index in [9.17, 15) is 4.79 Å². The van der Waals surface area contributed by atoms with E-state index in [2.05, 4.69) is 5.32 Å². The van der Waals surface area contributed by atoms with E-state index in [4.69, 9.17) is 9.73 Å². The van der Waals surface area contributed by atoms with Crippen LogP contribution < -0.4 is 10.1 Å². The summed E-state index contributed by atoms with van der Waals surface area (Å²) in [6.45, 7) is 3.45. The summed E-state index contributed by atoms with van der Waals surface area (Å²) in [5, 5.41) is 3.08. The molecule has 2 amide bonds. The van der Waals surface area contributed by atoms with Crippen LogP contribution in [-0.2, 0) is 0 Å². The molecular formula is C21H31N3O2. The molecule has 1 fully saturated rings. The SMILES string of the molecule is CCOc1ccc(NC(=O)N(C2=NCCCCC2)C2CCCCC2)cc1. The highest BCUT2D eigenvalue weighted by atomic mass is 16.5. The molecule has 0 atom stereocenters. The lowest BCUT2D eigenvalue weighted by molar-refractivity contribution is 0.206. The van der Waals surface area contributed by atoms with Crippen molar-refractivity contribution in [2.75, 3.05) is 18.5 Å². The number of urea groups is 1. The number of carbonyl (C=O) groups excluding carboxylic acids is 1. The Morgan fingerprint density at radius 3 is 2.58 bits per heavy atom. The molecular weight excluding hydrogens is 326 g/mol. The van der Waals surface area contributed by atoms with Crippen LogP contribution in [0.1, 0.15) is 64.7 Å². The zero-order chi connectivity index (χ0) is 18.2. The van der Waals surface area contributed by atoms with Gasteiger partial charge in [0.05, 0.1) is 6.61 Å². The predicted molar refractivity (Wildman–Crippen MR) is 106 cm³/mol. The van der Waals surface area contributed by atoms with Crippen LogP contribution >= 0.6 is 0 Å². The third-order valence-electron chi connectivity index (χ3n) is 5.21. The lowest BCUT2D eigenvalue weighted by atomic mass is 9.94. The molecule has 0 aromatic heterocycles. The number of hydrogen-bond acceptors (Lipinski definition) is 3. The average Bonchev–Trinajstić information content (AvgIpc) is 2.94. The molecule has 3 rings (SSSR count). The molecule has 1 saturated carbocycles. The Kier molecular flexibility index (Phi) is 6.92. The second kappa shape index (κ2) is 9.60. The maximum Gasteiger partial charge on any atom is 0.327 e. The number of rotatable bonds is 4. The third-order valence-corrected chi connectivity index (χ3v) is 5.21. The number of aliphatic imine (C=N–C) groups is 1. The van der Waals surface area contributed by atoms with Gasteiger partial charge >= 0.3 is 6.03 Å². The Balaban J connectivity index is 1.74. The first-order valence-electron chi connectivity index (χ1n) is 10.1. The maximum absolute atomic E-state index is 13.1. The van der Waals surface area contributed by atoms with Crippen LogP contribution in [0.25, 0.3) is 0 Å². The first-order valence-corrected chi connectivity index (χ1v) is 10.1. The van der Waals surface area contributed by atoms with Crippen molar-refractivity contribution in [2.24, 2.45) is 4.99 Å². The fraction of sp³-hybridized carbons (Fsp3) is 0.619. The number of carbonyl (C=O) groups is 1. The number of anilines is 1. The molecule has 0 unspecified atom stereocenters. The number of nitrogens with one attached hydrogen (secondary N) is 1. The Morgan fingerprint density at radius 2 is 1.85 bits per heavy atom. The quantitative estimate of drug-likeness (QED) is 0.803. The van der Waals surface area contributed by atoms with Gasteiger partial charge in [0.2, 0.25) is 0 Å². The number of amides is 2. The first kappa shape index (κ1) is 18.7. The van der Waals surface area contributed by atoms with E-state index in [-0.39, 0.29) is 12.1 Å². The monoisotopic (exact) mass is 357 g/mol. The van der Waals surface area contributed by atoms with E-state index in [1.165, 1.54) is 25.7 Å². The van der Waals surface area contributed by atoms with Crippen LogP contribution in [0.5, 0.6) is 5.75 Å². The molecule has 1 heterocycles. The van der Waals surface area contributed by atoms with Gasteiger partial charge in [-0.3, -0.25) is 9.89 Å². The topological polar surface area (TPSA) is 53.9 Å². The van der Waals surface area contributed by atoms with E-state index in [0.717, 1.165) is 55.9 Å². The lowest BCUT2D eigenvalue weighted by Gasteiger charge is -2.35. The van der Waals surface area contributed by atoms with Crippen LogP contribution in [0.2, 0.25) is 0 Å². The standard InChI is InChI=1S/C21H31N3O2/c1-2-26-19-14-12-17(13-15-19)23-21(25)24(18-9-5-3-6-10-18)20-11-7-4-8-16-22-20/h12-15,18H,2-11,16H2,1H3,(H,23,25). The lowest BCUT2D eigenvalue weighted by Crippen LogP contribution is -2.47. The average molecular weight is 357 g/mol. The summed E-state index contributed by atoms with van der Waals surface area (Å²) in [7, 11) is 0. The van der Waals surface area contributed by atoms with Gasteiger partial charge in [-0.05, 0) is 56.9 Å². The zero-order valence-corrected chi connectivity index (χ0v) is 15.9. The summed E-state index contributed by atoms with van der Waals surface area (Å²) in [4.78, 5) is 19.9. The molecule has 142 valence electrons. The first-order chi connectivity index (χ1) is 12.8. The van der Waals surface area contributed by atoms with Crippen LogP contribution in [-0.4, -0.2) is 36.0 Å². The number of ether oxygens (including phenoxy) is 1. The molecule has 0 saturated heterocycles. The van der Waals surface area contributed by atoms with Gasteiger partial charge in [0, 0.05) is 24.7 Å². The third kappa shape index (κ3) is 4.99. The molecule has 1 aliphatic heterocycles. The maximum atomic E-state index is 13.1. The largest absolute Gasteiger partial charge is 0.494 e. The van der Waals surface area contributed by atoms with E-state index in [1.54, 1.807) is 0 Å². The van der Waals surface area contributed by atoms with Gasteiger partial charge in [-0.1, -0.05) is 25.7 Å². The van der Waals surface area contributed by atoms with Gasteiger partial charge in [-0.15, -0.1) is 0 Å². The summed E-state index contributed by atoms with van der Waals surface area (Å²) in [5.41, 5.74) is 0.800. The highest BCUT2D eigenvalue weighted by Crippen LogP contribution is 2.26. The Hall–Kier alpha value is -2.04. The van der Waals surface area contributed by atoms with Crippen LogP contribution in [0, 0.1) is 0 Å². The molecule has 2 aliphatic rings. The normalized spacial score (nSPS) is 18.6. The highest BCUT2D eigenvalue weighted by molar-refractivity contribution is 6.03. The minimum atomic E-state index is -0.0401. The Morgan fingerprint density at radius 1 is 1.12 bits per heavy atom. The molecule has 5 heteroatoms. The van der Waals surface area contributed by atoms with Crippen molar-refractivity contribution in [3.05, 3.63) is 24.3 Å². The van der Waals surface area contributed by atoms with Gasteiger partial charge in [0.15, 0.2) is 0 Å². The van der Waals surface area contributed by atoms with Gasteiger partial charge < -0.3 is 10.1 Å². The zero-order valence-electron chi connectivity index (χ0n) is 15.9. The second-order valence-electron chi connectivity index (χ2n) is 7.16. The molecule has 5 nitrogen and oxygen atoms in total. The number of nitrogens with zero attached hydrogens (tertiary/aromatic N) is 2. The molecule has 0 bridgehead atoms. The number of hydrogen-bond donors (Lipinski definition) is 1.